The summed E-state index contributed by atoms with van der Waals surface area (Å²) in [5, 5.41) is 7.75. The maximum absolute atomic E-state index is 5.90. The molecule has 90 valence electrons. The lowest BCUT2D eigenvalue weighted by Gasteiger charge is -2.06. The molecule has 2 aromatic heterocycles. The monoisotopic (exact) mass is 269 g/mol. The highest BCUT2D eigenvalue weighted by Crippen LogP contribution is 2.14. The molecule has 0 bridgehead atoms. The number of halogens is 1. The number of nitrogens with zero attached hydrogens (tertiary/aromatic N) is 2. The average molecular weight is 270 g/mol. The van der Waals surface area contributed by atoms with Gasteiger partial charge in [0.15, 0.2) is 5.82 Å². The molecule has 1 N–H and O–H groups in total. The van der Waals surface area contributed by atoms with E-state index in [0.29, 0.717) is 23.4 Å². The number of hydrogen-bond donors (Lipinski definition) is 1. The minimum atomic E-state index is 0.355. The largest absolute Gasteiger partial charge is 0.377 e. The molecule has 0 radical (unpaired) electrons. The Kier molecular flexibility index (Phi) is 4.30. The van der Waals surface area contributed by atoms with E-state index in [1.165, 1.54) is 5.56 Å². The molecule has 0 atom stereocenters. The van der Waals surface area contributed by atoms with Crippen molar-refractivity contribution in [2.45, 2.75) is 13.2 Å². The van der Waals surface area contributed by atoms with Crippen LogP contribution in [0.1, 0.15) is 11.4 Å². The molecule has 0 amide bonds. The molecule has 2 aromatic rings. The average Bonchev–Trinajstić information content (AvgIpc) is 2.79. The highest BCUT2D eigenvalue weighted by molar-refractivity contribution is 7.07. The molecule has 0 aliphatic rings. The molecule has 4 nitrogen and oxygen atoms in total. The summed E-state index contributed by atoms with van der Waals surface area (Å²) in [6.07, 6.45) is 0. The van der Waals surface area contributed by atoms with Crippen LogP contribution in [-0.2, 0) is 17.9 Å². The van der Waals surface area contributed by atoms with E-state index >= 15 is 0 Å². The Morgan fingerprint density at radius 1 is 1.47 bits per heavy atom. The third kappa shape index (κ3) is 3.66. The van der Waals surface area contributed by atoms with Crippen LogP contribution in [0.2, 0.25) is 5.15 Å². The third-order valence-electron chi connectivity index (χ3n) is 2.07. The third-order valence-corrected chi connectivity index (χ3v) is 2.99. The minimum absolute atomic E-state index is 0.355. The molecule has 0 spiro atoms. The van der Waals surface area contributed by atoms with E-state index in [0.717, 1.165) is 6.54 Å². The first-order chi connectivity index (χ1) is 8.28. The topological polar surface area (TPSA) is 47.0 Å². The molecule has 0 saturated carbocycles. The molecule has 0 aliphatic carbocycles. The lowest BCUT2D eigenvalue weighted by atomic mass is 10.3. The van der Waals surface area contributed by atoms with Crippen molar-refractivity contribution in [2.24, 2.45) is 0 Å². The van der Waals surface area contributed by atoms with E-state index in [2.05, 4.69) is 26.7 Å². The van der Waals surface area contributed by atoms with Crippen molar-refractivity contribution in [1.29, 1.82) is 0 Å². The van der Waals surface area contributed by atoms with Gasteiger partial charge in [-0.25, -0.2) is 9.97 Å². The Bertz CT molecular complexity index is 476. The maximum Gasteiger partial charge on any atom is 0.158 e. The van der Waals surface area contributed by atoms with Crippen molar-refractivity contribution in [3.8, 4) is 0 Å². The van der Waals surface area contributed by atoms with Gasteiger partial charge in [-0.3, -0.25) is 0 Å². The smallest absolute Gasteiger partial charge is 0.158 e. The number of thiophene rings is 1. The van der Waals surface area contributed by atoms with Gasteiger partial charge in [0.1, 0.15) is 17.6 Å². The fourth-order valence-corrected chi connectivity index (χ4v) is 2.20. The summed E-state index contributed by atoms with van der Waals surface area (Å²) in [6, 6.07) is 3.77. The summed E-state index contributed by atoms with van der Waals surface area (Å²) in [6.45, 7) is 1.08. The van der Waals surface area contributed by atoms with Gasteiger partial charge in [0, 0.05) is 19.7 Å². The van der Waals surface area contributed by atoms with Gasteiger partial charge in [0.05, 0.1) is 0 Å². The number of methoxy groups -OCH3 is 1. The molecule has 0 fully saturated rings. The molecule has 2 heterocycles. The number of ether oxygens (including phenoxy) is 1. The van der Waals surface area contributed by atoms with Crippen LogP contribution in [0.5, 0.6) is 0 Å². The summed E-state index contributed by atoms with van der Waals surface area (Å²) in [5.74, 6) is 1.29. The van der Waals surface area contributed by atoms with Crippen LogP contribution >= 0.6 is 22.9 Å². The molecule has 0 saturated heterocycles. The Balaban J connectivity index is 2.04. The van der Waals surface area contributed by atoms with Crippen molar-refractivity contribution in [2.75, 3.05) is 12.4 Å². The van der Waals surface area contributed by atoms with E-state index in [1.54, 1.807) is 24.5 Å². The zero-order valence-electron chi connectivity index (χ0n) is 9.31. The van der Waals surface area contributed by atoms with Crippen molar-refractivity contribution in [1.82, 2.24) is 9.97 Å². The van der Waals surface area contributed by atoms with Gasteiger partial charge in [-0.05, 0) is 22.4 Å². The number of hydrogen-bond acceptors (Lipinski definition) is 5. The summed E-state index contributed by atoms with van der Waals surface area (Å²) >= 11 is 7.57. The van der Waals surface area contributed by atoms with Gasteiger partial charge in [-0.1, -0.05) is 11.6 Å². The first-order valence-electron chi connectivity index (χ1n) is 5.05. The summed E-state index contributed by atoms with van der Waals surface area (Å²) in [5.41, 5.74) is 1.22. The van der Waals surface area contributed by atoms with Gasteiger partial charge < -0.3 is 10.1 Å². The van der Waals surface area contributed by atoms with Crippen molar-refractivity contribution < 1.29 is 4.74 Å². The second kappa shape index (κ2) is 5.95. The van der Waals surface area contributed by atoms with E-state index in [4.69, 9.17) is 16.3 Å². The number of nitrogens with one attached hydrogen (secondary N) is 1. The summed E-state index contributed by atoms with van der Waals surface area (Å²) in [7, 11) is 1.60. The van der Waals surface area contributed by atoms with Crippen molar-refractivity contribution in [3.05, 3.63) is 39.4 Å². The van der Waals surface area contributed by atoms with Gasteiger partial charge in [0.25, 0.3) is 0 Å². The van der Waals surface area contributed by atoms with Crippen molar-refractivity contribution in [3.63, 3.8) is 0 Å². The number of rotatable bonds is 5. The predicted molar refractivity (Wildman–Crippen MR) is 69.4 cm³/mol. The molecular formula is C11H12ClN3OS. The van der Waals surface area contributed by atoms with Crippen LogP contribution in [-0.4, -0.2) is 17.1 Å². The maximum atomic E-state index is 5.90. The second-order valence-corrected chi connectivity index (χ2v) is 4.58. The van der Waals surface area contributed by atoms with E-state index in [9.17, 15) is 0 Å². The second-order valence-electron chi connectivity index (χ2n) is 3.41. The van der Waals surface area contributed by atoms with Crippen LogP contribution in [0.3, 0.4) is 0 Å². The quantitative estimate of drug-likeness (QED) is 0.848. The predicted octanol–water partition coefficient (Wildman–Crippen LogP) is 2.95. The van der Waals surface area contributed by atoms with Gasteiger partial charge in [0.2, 0.25) is 0 Å². The number of aromatic nitrogens is 2. The Morgan fingerprint density at radius 2 is 2.35 bits per heavy atom. The highest BCUT2D eigenvalue weighted by Gasteiger charge is 2.03. The Hall–Kier alpha value is -1.17. The molecule has 6 heteroatoms. The van der Waals surface area contributed by atoms with Crippen LogP contribution in [0.25, 0.3) is 0 Å². The zero-order valence-corrected chi connectivity index (χ0v) is 10.9. The minimum Gasteiger partial charge on any atom is -0.377 e. The van der Waals surface area contributed by atoms with Crippen LogP contribution in [0.4, 0.5) is 5.82 Å². The lowest BCUT2D eigenvalue weighted by Crippen LogP contribution is -2.04. The fourth-order valence-electron chi connectivity index (χ4n) is 1.33. The molecular weight excluding hydrogens is 258 g/mol. The highest BCUT2D eigenvalue weighted by atomic mass is 35.5. The molecule has 2 rings (SSSR count). The molecule has 0 aliphatic heterocycles. The normalized spacial score (nSPS) is 10.5. The first kappa shape index (κ1) is 12.3. The van der Waals surface area contributed by atoms with Gasteiger partial charge >= 0.3 is 0 Å². The summed E-state index contributed by atoms with van der Waals surface area (Å²) < 4.78 is 4.98. The van der Waals surface area contributed by atoms with Crippen molar-refractivity contribution >= 4 is 28.8 Å². The summed E-state index contributed by atoms with van der Waals surface area (Å²) in [4.78, 5) is 8.35. The number of anilines is 1. The lowest BCUT2D eigenvalue weighted by molar-refractivity contribution is 0.178. The fraction of sp³-hybridized carbons (Fsp3) is 0.273. The van der Waals surface area contributed by atoms with Gasteiger partial charge in [-0.15, -0.1) is 0 Å². The van der Waals surface area contributed by atoms with E-state index in [1.807, 2.05) is 5.38 Å². The van der Waals surface area contributed by atoms with Crippen LogP contribution < -0.4 is 5.32 Å². The Labute approximate surface area is 109 Å². The molecule has 17 heavy (non-hydrogen) atoms. The SMILES string of the molecule is COCc1nc(Cl)cc(NCc2ccsc2)n1. The van der Waals surface area contributed by atoms with Crippen LogP contribution in [0, 0.1) is 0 Å². The zero-order chi connectivity index (χ0) is 12.1. The standard InChI is InChI=1S/C11H12ClN3OS/c1-16-6-11-14-9(12)4-10(15-11)13-5-8-2-3-17-7-8/h2-4,7H,5-6H2,1H3,(H,13,14,15). The molecule has 0 unspecified atom stereocenters. The van der Waals surface area contributed by atoms with E-state index < -0.39 is 0 Å². The van der Waals surface area contributed by atoms with E-state index in [-0.39, 0.29) is 0 Å². The Morgan fingerprint density at radius 3 is 3.06 bits per heavy atom. The van der Waals surface area contributed by atoms with Gasteiger partial charge in [-0.2, -0.15) is 11.3 Å². The first-order valence-corrected chi connectivity index (χ1v) is 6.37. The van der Waals surface area contributed by atoms with Crippen LogP contribution in [0.15, 0.2) is 22.9 Å². The molecule has 0 aromatic carbocycles.